The van der Waals surface area contributed by atoms with E-state index in [4.69, 9.17) is 5.73 Å². The standard InChI is InChI=1S/C14H18N2S2/c1-2-3-6-9-17-13-8-5-4-7-11(13)12-10-18-14(15)16-12/h4-5,7-8,10H,2-3,6,9H2,1H3,(H2,15,16). The van der Waals surface area contributed by atoms with Crippen LogP contribution in [0.4, 0.5) is 5.13 Å². The molecule has 18 heavy (non-hydrogen) atoms. The number of nitrogens with two attached hydrogens (primary N) is 1. The van der Waals surface area contributed by atoms with Crippen LogP contribution in [0.5, 0.6) is 0 Å². The summed E-state index contributed by atoms with van der Waals surface area (Å²) in [6.07, 6.45) is 3.85. The molecular formula is C14H18N2S2. The zero-order valence-electron chi connectivity index (χ0n) is 10.6. The number of thiazole rings is 1. The minimum Gasteiger partial charge on any atom is -0.375 e. The number of nitrogen functional groups attached to an aromatic ring is 1. The number of anilines is 1. The van der Waals surface area contributed by atoms with E-state index in [9.17, 15) is 0 Å². The van der Waals surface area contributed by atoms with Crippen LogP contribution in [0.25, 0.3) is 11.3 Å². The Hall–Kier alpha value is -1.00. The minimum atomic E-state index is 0.635. The molecule has 0 aliphatic carbocycles. The lowest BCUT2D eigenvalue weighted by Gasteiger charge is -2.06. The Morgan fingerprint density at radius 1 is 1.28 bits per heavy atom. The van der Waals surface area contributed by atoms with Crippen LogP contribution >= 0.6 is 23.1 Å². The summed E-state index contributed by atoms with van der Waals surface area (Å²) < 4.78 is 0. The predicted molar refractivity (Wildman–Crippen MR) is 82.2 cm³/mol. The summed E-state index contributed by atoms with van der Waals surface area (Å²) in [5.74, 6) is 1.17. The normalized spacial score (nSPS) is 10.7. The van der Waals surface area contributed by atoms with Crippen molar-refractivity contribution in [2.24, 2.45) is 0 Å². The lowest BCUT2D eigenvalue weighted by atomic mass is 10.2. The molecule has 0 fully saturated rings. The number of hydrogen-bond donors (Lipinski definition) is 1. The molecule has 2 nitrogen and oxygen atoms in total. The highest BCUT2D eigenvalue weighted by Crippen LogP contribution is 2.32. The quantitative estimate of drug-likeness (QED) is 0.616. The molecule has 1 aromatic heterocycles. The number of unbranched alkanes of at least 4 members (excludes halogenated alkanes) is 2. The first-order chi connectivity index (χ1) is 8.81. The molecule has 0 atom stereocenters. The van der Waals surface area contributed by atoms with Crippen LogP contribution in [0.3, 0.4) is 0 Å². The predicted octanol–water partition coefficient (Wildman–Crippen LogP) is 4.67. The first-order valence-electron chi connectivity index (χ1n) is 6.24. The van der Waals surface area contributed by atoms with E-state index in [1.54, 1.807) is 0 Å². The Morgan fingerprint density at radius 2 is 2.11 bits per heavy atom. The van der Waals surface area contributed by atoms with Crippen molar-refractivity contribution in [2.75, 3.05) is 11.5 Å². The summed E-state index contributed by atoms with van der Waals surface area (Å²) >= 11 is 3.41. The Morgan fingerprint density at radius 3 is 2.83 bits per heavy atom. The highest BCUT2D eigenvalue weighted by atomic mass is 32.2. The molecule has 0 bridgehead atoms. The maximum Gasteiger partial charge on any atom is 0.180 e. The van der Waals surface area contributed by atoms with E-state index in [0.29, 0.717) is 5.13 Å². The van der Waals surface area contributed by atoms with Crippen molar-refractivity contribution in [1.29, 1.82) is 0 Å². The van der Waals surface area contributed by atoms with Crippen LogP contribution in [-0.4, -0.2) is 10.7 Å². The summed E-state index contributed by atoms with van der Waals surface area (Å²) in [7, 11) is 0. The van der Waals surface area contributed by atoms with Gasteiger partial charge in [0.1, 0.15) is 0 Å². The van der Waals surface area contributed by atoms with Crippen LogP contribution in [0.1, 0.15) is 26.2 Å². The van der Waals surface area contributed by atoms with E-state index < -0.39 is 0 Å². The highest BCUT2D eigenvalue weighted by Gasteiger charge is 2.07. The second-order valence-electron chi connectivity index (χ2n) is 4.12. The Labute approximate surface area is 117 Å². The SMILES string of the molecule is CCCCCSc1ccccc1-c1csc(N)n1. The van der Waals surface area contributed by atoms with Crippen LogP contribution in [0, 0.1) is 0 Å². The van der Waals surface area contributed by atoms with Crippen molar-refractivity contribution < 1.29 is 0 Å². The molecular weight excluding hydrogens is 260 g/mol. The number of rotatable bonds is 6. The third kappa shape index (κ3) is 3.50. The molecule has 0 radical (unpaired) electrons. The van der Waals surface area contributed by atoms with Gasteiger partial charge in [-0.15, -0.1) is 23.1 Å². The fraction of sp³-hybridized carbons (Fsp3) is 0.357. The molecule has 96 valence electrons. The molecule has 2 N–H and O–H groups in total. The van der Waals surface area contributed by atoms with Crippen molar-refractivity contribution in [3.05, 3.63) is 29.6 Å². The fourth-order valence-electron chi connectivity index (χ4n) is 1.75. The van der Waals surface area contributed by atoms with E-state index in [-0.39, 0.29) is 0 Å². The maximum absolute atomic E-state index is 5.71. The molecule has 1 aromatic carbocycles. The molecule has 1 heterocycles. The topological polar surface area (TPSA) is 38.9 Å². The van der Waals surface area contributed by atoms with Crippen molar-refractivity contribution in [2.45, 2.75) is 31.1 Å². The van der Waals surface area contributed by atoms with E-state index in [0.717, 1.165) is 5.69 Å². The van der Waals surface area contributed by atoms with Gasteiger partial charge < -0.3 is 5.73 Å². The molecule has 0 saturated heterocycles. The largest absolute Gasteiger partial charge is 0.375 e. The summed E-state index contributed by atoms with van der Waals surface area (Å²) in [5, 5.41) is 2.66. The second-order valence-corrected chi connectivity index (χ2v) is 6.15. The van der Waals surface area contributed by atoms with Gasteiger partial charge in [-0.1, -0.05) is 38.0 Å². The maximum atomic E-state index is 5.71. The molecule has 0 unspecified atom stereocenters. The fourth-order valence-corrected chi connectivity index (χ4v) is 3.38. The third-order valence-corrected chi connectivity index (χ3v) is 4.52. The van der Waals surface area contributed by atoms with Gasteiger partial charge in [-0.3, -0.25) is 0 Å². The summed E-state index contributed by atoms with van der Waals surface area (Å²) in [6, 6.07) is 8.43. The minimum absolute atomic E-state index is 0.635. The Kier molecular flexibility index (Phi) is 5.08. The first-order valence-corrected chi connectivity index (χ1v) is 8.11. The monoisotopic (exact) mass is 278 g/mol. The zero-order chi connectivity index (χ0) is 12.8. The number of hydrogen-bond acceptors (Lipinski definition) is 4. The first kappa shape index (κ1) is 13.4. The van der Waals surface area contributed by atoms with Crippen molar-refractivity contribution >= 4 is 28.2 Å². The van der Waals surface area contributed by atoms with Crippen LogP contribution < -0.4 is 5.73 Å². The molecule has 0 saturated carbocycles. The van der Waals surface area contributed by atoms with Gasteiger partial charge in [-0.05, 0) is 18.2 Å². The van der Waals surface area contributed by atoms with Crippen molar-refractivity contribution in [3.63, 3.8) is 0 Å². The Balaban J connectivity index is 2.10. The molecule has 0 aliphatic rings. The summed E-state index contributed by atoms with van der Waals surface area (Å²) in [6.45, 7) is 2.23. The van der Waals surface area contributed by atoms with E-state index in [2.05, 4.69) is 36.2 Å². The van der Waals surface area contributed by atoms with E-state index >= 15 is 0 Å². The van der Waals surface area contributed by atoms with Gasteiger partial charge in [0.05, 0.1) is 5.69 Å². The van der Waals surface area contributed by atoms with Crippen molar-refractivity contribution in [3.8, 4) is 11.3 Å². The summed E-state index contributed by atoms with van der Waals surface area (Å²) in [4.78, 5) is 5.67. The molecule has 2 aromatic rings. The van der Waals surface area contributed by atoms with Crippen LogP contribution in [0.2, 0.25) is 0 Å². The number of nitrogens with zero attached hydrogens (tertiary/aromatic N) is 1. The molecule has 0 amide bonds. The van der Waals surface area contributed by atoms with Gasteiger partial charge in [-0.2, -0.15) is 0 Å². The van der Waals surface area contributed by atoms with E-state index in [1.165, 1.54) is 46.8 Å². The summed E-state index contributed by atoms with van der Waals surface area (Å²) in [5.41, 5.74) is 7.90. The Bertz CT molecular complexity index is 494. The van der Waals surface area contributed by atoms with Crippen molar-refractivity contribution in [1.82, 2.24) is 4.98 Å². The van der Waals surface area contributed by atoms with Gasteiger partial charge in [0, 0.05) is 15.8 Å². The number of aromatic nitrogens is 1. The van der Waals surface area contributed by atoms with Crippen LogP contribution in [-0.2, 0) is 0 Å². The van der Waals surface area contributed by atoms with Gasteiger partial charge in [0.2, 0.25) is 0 Å². The lowest BCUT2D eigenvalue weighted by molar-refractivity contribution is 0.778. The average molecular weight is 278 g/mol. The van der Waals surface area contributed by atoms with Gasteiger partial charge in [0.15, 0.2) is 5.13 Å². The van der Waals surface area contributed by atoms with Gasteiger partial charge in [0.25, 0.3) is 0 Å². The van der Waals surface area contributed by atoms with Crippen LogP contribution in [0.15, 0.2) is 34.5 Å². The number of benzene rings is 1. The molecule has 2 rings (SSSR count). The average Bonchev–Trinajstić information content (AvgIpc) is 2.82. The van der Waals surface area contributed by atoms with E-state index in [1.807, 2.05) is 17.1 Å². The van der Waals surface area contributed by atoms with Gasteiger partial charge in [-0.25, -0.2) is 4.98 Å². The third-order valence-electron chi connectivity index (χ3n) is 2.69. The smallest absolute Gasteiger partial charge is 0.180 e. The molecule has 0 aliphatic heterocycles. The second kappa shape index (κ2) is 6.81. The zero-order valence-corrected chi connectivity index (χ0v) is 12.2. The number of thioether (sulfide) groups is 1. The molecule has 0 spiro atoms. The highest BCUT2D eigenvalue weighted by molar-refractivity contribution is 7.99. The van der Waals surface area contributed by atoms with Gasteiger partial charge >= 0.3 is 0 Å². The molecule has 4 heteroatoms. The lowest BCUT2D eigenvalue weighted by Crippen LogP contribution is -1.86.